The van der Waals surface area contributed by atoms with E-state index in [1.807, 2.05) is 12.1 Å². The SMILES string of the molecule is N=C(N)c1ccc(C=CC=CC(=O)O)cc1. The third-order valence-electron chi connectivity index (χ3n) is 1.86. The highest BCUT2D eigenvalue weighted by Gasteiger charge is 1.93. The van der Waals surface area contributed by atoms with Crippen LogP contribution >= 0.6 is 0 Å². The van der Waals surface area contributed by atoms with Crippen LogP contribution in [0.25, 0.3) is 6.08 Å². The molecular formula is C12H12N2O2. The lowest BCUT2D eigenvalue weighted by atomic mass is 10.1. The molecule has 0 atom stereocenters. The zero-order chi connectivity index (χ0) is 12.0. The Kier molecular flexibility index (Phi) is 4.03. The highest BCUT2D eigenvalue weighted by Crippen LogP contribution is 2.05. The third kappa shape index (κ3) is 3.79. The number of nitrogens with two attached hydrogens (primary N) is 1. The van der Waals surface area contributed by atoms with Crippen molar-refractivity contribution in [1.29, 1.82) is 5.41 Å². The number of carboxylic acids is 1. The van der Waals surface area contributed by atoms with Crippen LogP contribution in [0.4, 0.5) is 0 Å². The number of carboxylic acid groups (broad SMARTS) is 1. The Balaban J connectivity index is 2.69. The summed E-state index contributed by atoms with van der Waals surface area (Å²) in [5.74, 6) is -0.946. The highest BCUT2D eigenvalue weighted by atomic mass is 16.4. The Morgan fingerprint density at radius 1 is 1.25 bits per heavy atom. The second kappa shape index (κ2) is 5.50. The standard InChI is InChI=1S/C12H12N2O2/c13-12(14)10-7-5-9(6-8-10)3-1-2-4-11(15)16/h1-8H,(H3,13,14)(H,15,16). The predicted octanol–water partition coefficient (Wildman–Crippen LogP) is 1.62. The summed E-state index contributed by atoms with van der Waals surface area (Å²) in [5, 5.41) is 15.6. The van der Waals surface area contributed by atoms with Gasteiger partial charge in [-0.15, -0.1) is 0 Å². The lowest BCUT2D eigenvalue weighted by Gasteiger charge is -1.97. The van der Waals surface area contributed by atoms with Gasteiger partial charge in [-0.05, 0) is 5.56 Å². The molecule has 0 aliphatic heterocycles. The first-order valence-corrected chi connectivity index (χ1v) is 4.62. The number of rotatable bonds is 4. The molecule has 1 aromatic rings. The molecule has 0 radical (unpaired) electrons. The number of aliphatic carboxylic acids is 1. The van der Waals surface area contributed by atoms with E-state index in [-0.39, 0.29) is 5.84 Å². The van der Waals surface area contributed by atoms with E-state index in [4.69, 9.17) is 16.2 Å². The molecule has 4 heteroatoms. The zero-order valence-electron chi connectivity index (χ0n) is 8.55. The van der Waals surface area contributed by atoms with Crippen molar-refractivity contribution < 1.29 is 9.90 Å². The molecule has 1 aromatic carbocycles. The average molecular weight is 216 g/mol. The van der Waals surface area contributed by atoms with Crippen LogP contribution in [0.3, 0.4) is 0 Å². The lowest BCUT2D eigenvalue weighted by Crippen LogP contribution is -2.10. The van der Waals surface area contributed by atoms with Gasteiger partial charge in [-0.2, -0.15) is 0 Å². The number of hydrogen-bond donors (Lipinski definition) is 3. The molecule has 82 valence electrons. The molecule has 4 N–H and O–H groups in total. The number of benzene rings is 1. The molecule has 0 spiro atoms. The first kappa shape index (κ1) is 11.7. The average Bonchev–Trinajstić information content (AvgIpc) is 2.25. The van der Waals surface area contributed by atoms with Crippen LogP contribution in [0.15, 0.2) is 42.5 Å². The minimum Gasteiger partial charge on any atom is -0.478 e. The van der Waals surface area contributed by atoms with Crippen LogP contribution in [0.1, 0.15) is 11.1 Å². The van der Waals surface area contributed by atoms with Crippen molar-refractivity contribution in [1.82, 2.24) is 0 Å². The molecule has 0 unspecified atom stereocenters. The summed E-state index contributed by atoms with van der Waals surface area (Å²) < 4.78 is 0. The fourth-order valence-electron chi connectivity index (χ4n) is 1.08. The van der Waals surface area contributed by atoms with Gasteiger partial charge in [-0.25, -0.2) is 4.79 Å². The number of amidine groups is 1. The summed E-state index contributed by atoms with van der Waals surface area (Å²) in [7, 11) is 0. The summed E-state index contributed by atoms with van der Waals surface area (Å²) in [6.07, 6.45) is 5.90. The maximum absolute atomic E-state index is 10.2. The van der Waals surface area contributed by atoms with Gasteiger partial charge in [0.15, 0.2) is 0 Å². The first-order chi connectivity index (χ1) is 7.59. The van der Waals surface area contributed by atoms with E-state index in [0.29, 0.717) is 5.56 Å². The Bertz CT molecular complexity index is 445. The van der Waals surface area contributed by atoms with Crippen molar-refractivity contribution in [2.45, 2.75) is 0 Å². The predicted molar refractivity (Wildman–Crippen MR) is 63.3 cm³/mol. The third-order valence-corrected chi connectivity index (χ3v) is 1.86. The van der Waals surface area contributed by atoms with Crippen molar-refractivity contribution in [3.8, 4) is 0 Å². The normalized spacial score (nSPS) is 11.0. The zero-order valence-corrected chi connectivity index (χ0v) is 8.55. The Hall–Kier alpha value is -2.36. The summed E-state index contributed by atoms with van der Waals surface area (Å²) in [4.78, 5) is 10.2. The van der Waals surface area contributed by atoms with E-state index in [0.717, 1.165) is 11.6 Å². The molecule has 0 saturated carbocycles. The monoisotopic (exact) mass is 216 g/mol. The molecule has 0 aromatic heterocycles. The summed E-state index contributed by atoms with van der Waals surface area (Å²) in [6, 6.07) is 7.09. The van der Waals surface area contributed by atoms with Crippen molar-refractivity contribution in [3.05, 3.63) is 53.6 Å². The van der Waals surface area contributed by atoms with Gasteiger partial charge in [0.05, 0.1) is 0 Å². The van der Waals surface area contributed by atoms with Gasteiger partial charge >= 0.3 is 5.97 Å². The van der Waals surface area contributed by atoms with Crippen LogP contribution in [-0.2, 0) is 4.79 Å². The molecule has 16 heavy (non-hydrogen) atoms. The minimum absolute atomic E-state index is 0.0290. The maximum Gasteiger partial charge on any atom is 0.328 e. The lowest BCUT2D eigenvalue weighted by molar-refractivity contribution is -0.131. The Labute approximate surface area is 93.2 Å². The van der Waals surface area contributed by atoms with Crippen LogP contribution in [-0.4, -0.2) is 16.9 Å². The van der Waals surface area contributed by atoms with E-state index in [9.17, 15) is 4.79 Å². The molecule has 1 rings (SSSR count). The largest absolute Gasteiger partial charge is 0.478 e. The molecular weight excluding hydrogens is 204 g/mol. The van der Waals surface area contributed by atoms with Gasteiger partial charge in [0.2, 0.25) is 0 Å². The smallest absolute Gasteiger partial charge is 0.328 e. The molecule has 4 nitrogen and oxygen atoms in total. The van der Waals surface area contributed by atoms with Crippen molar-refractivity contribution in [2.75, 3.05) is 0 Å². The topological polar surface area (TPSA) is 87.2 Å². The number of carbonyl (C=O) groups is 1. The molecule has 0 saturated heterocycles. The summed E-state index contributed by atoms with van der Waals surface area (Å²) in [5.41, 5.74) is 6.89. The van der Waals surface area contributed by atoms with E-state index >= 15 is 0 Å². The number of nitrogen functional groups attached to an aromatic ring is 1. The Morgan fingerprint density at radius 3 is 2.38 bits per heavy atom. The molecule has 0 aliphatic rings. The van der Waals surface area contributed by atoms with Crippen LogP contribution in [0, 0.1) is 5.41 Å². The van der Waals surface area contributed by atoms with E-state index < -0.39 is 5.97 Å². The van der Waals surface area contributed by atoms with E-state index in [2.05, 4.69) is 0 Å². The molecule has 0 bridgehead atoms. The minimum atomic E-state index is -0.975. The molecule has 0 aliphatic carbocycles. The second-order valence-corrected chi connectivity index (χ2v) is 3.09. The molecule has 0 fully saturated rings. The van der Waals surface area contributed by atoms with Gasteiger partial charge in [-0.1, -0.05) is 42.5 Å². The molecule has 0 heterocycles. The van der Waals surface area contributed by atoms with Crippen molar-refractivity contribution >= 4 is 17.9 Å². The van der Waals surface area contributed by atoms with Crippen molar-refractivity contribution in [3.63, 3.8) is 0 Å². The van der Waals surface area contributed by atoms with Gasteiger partial charge in [0.1, 0.15) is 5.84 Å². The number of nitrogens with one attached hydrogen (secondary N) is 1. The van der Waals surface area contributed by atoms with Gasteiger partial charge in [-0.3, -0.25) is 5.41 Å². The van der Waals surface area contributed by atoms with Gasteiger partial charge in [0, 0.05) is 11.6 Å². The fourth-order valence-corrected chi connectivity index (χ4v) is 1.08. The fraction of sp³-hybridized carbons (Fsp3) is 0. The van der Waals surface area contributed by atoms with E-state index in [1.165, 1.54) is 6.08 Å². The van der Waals surface area contributed by atoms with Gasteiger partial charge < -0.3 is 10.8 Å². The Morgan fingerprint density at radius 2 is 1.88 bits per heavy atom. The quantitative estimate of drug-likeness (QED) is 0.309. The summed E-state index contributed by atoms with van der Waals surface area (Å²) >= 11 is 0. The number of allylic oxidation sites excluding steroid dienone is 2. The van der Waals surface area contributed by atoms with Crippen molar-refractivity contribution in [2.24, 2.45) is 5.73 Å². The van der Waals surface area contributed by atoms with Crippen LogP contribution < -0.4 is 5.73 Å². The number of hydrogen-bond acceptors (Lipinski definition) is 2. The highest BCUT2D eigenvalue weighted by molar-refractivity contribution is 5.95. The summed E-state index contributed by atoms with van der Waals surface area (Å²) in [6.45, 7) is 0. The first-order valence-electron chi connectivity index (χ1n) is 4.62. The van der Waals surface area contributed by atoms with E-state index in [1.54, 1.807) is 24.3 Å². The van der Waals surface area contributed by atoms with Gasteiger partial charge in [0.25, 0.3) is 0 Å². The second-order valence-electron chi connectivity index (χ2n) is 3.09. The van der Waals surface area contributed by atoms with Crippen LogP contribution in [0.5, 0.6) is 0 Å². The van der Waals surface area contributed by atoms with Crippen LogP contribution in [0.2, 0.25) is 0 Å². The maximum atomic E-state index is 10.2. The molecule has 0 amide bonds.